The molecule has 1 fully saturated rings. The molecule has 0 atom stereocenters. The summed E-state index contributed by atoms with van der Waals surface area (Å²) in [7, 11) is 1.31. The van der Waals surface area contributed by atoms with E-state index in [-0.39, 0.29) is 29.2 Å². The Bertz CT molecular complexity index is 475. The topological polar surface area (TPSA) is 90.4 Å². The maximum atomic E-state index is 13.4. The van der Waals surface area contributed by atoms with Crippen molar-refractivity contribution in [2.75, 3.05) is 12.4 Å². The van der Waals surface area contributed by atoms with Crippen molar-refractivity contribution in [1.29, 1.82) is 0 Å². The summed E-state index contributed by atoms with van der Waals surface area (Å²) in [6.07, 6.45) is 1.49. The lowest BCUT2D eigenvalue weighted by Gasteiger charge is -2.33. The molecule has 1 aromatic rings. The average Bonchev–Trinajstić information content (AvgIpc) is 2.28. The monoisotopic (exact) mass is 255 g/mol. The fraction of sp³-hybridized carbons (Fsp3) is 0.455. The van der Waals surface area contributed by atoms with E-state index >= 15 is 0 Å². The number of nitrogens with two attached hydrogens (primary N) is 1. The van der Waals surface area contributed by atoms with Crippen LogP contribution in [0.5, 0.6) is 5.75 Å². The highest BCUT2D eigenvalue weighted by atomic mass is 19.1. The SMILES string of the molecule is COc1cc(NC2CC(N)C2)c([N+](=O)[O-])cc1F. The number of halogens is 1. The molecule has 3 N–H and O–H groups in total. The highest BCUT2D eigenvalue weighted by molar-refractivity contribution is 5.65. The molecule has 0 aliphatic heterocycles. The van der Waals surface area contributed by atoms with Gasteiger partial charge in [-0.05, 0) is 12.8 Å². The van der Waals surface area contributed by atoms with Crippen molar-refractivity contribution in [2.45, 2.75) is 24.9 Å². The zero-order valence-corrected chi connectivity index (χ0v) is 9.85. The van der Waals surface area contributed by atoms with Gasteiger partial charge in [0.2, 0.25) is 0 Å². The number of hydrogen-bond acceptors (Lipinski definition) is 5. The summed E-state index contributed by atoms with van der Waals surface area (Å²) in [5.41, 5.74) is 5.60. The molecule has 7 heteroatoms. The normalized spacial score (nSPS) is 22.2. The lowest BCUT2D eigenvalue weighted by atomic mass is 9.87. The Hall–Kier alpha value is -1.89. The zero-order valence-electron chi connectivity index (χ0n) is 9.85. The van der Waals surface area contributed by atoms with Crippen LogP contribution >= 0.6 is 0 Å². The maximum Gasteiger partial charge on any atom is 0.295 e. The summed E-state index contributed by atoms with van der Waals surface area (Å²) in [5, 5.41) is 13.9. The highest BCUT2D eigenvalue weighted by Gasteiger charge is 2.28. The Morgan fingerprint density at radius 3 is 2.72 bits per heavy atom. The quantitative estimate of drug-likeness (QED) is 0.630. The maximum absolute atomic E-state index is 13.4. The van der Waals surface area contributed by atoms with Crippen LogP contribution in [-0.4, -0.2) is 24.1 Å². The first-order valence-electron chi connectivity index (χ1n) is 5.55. The third-order valence-corrected chi connectivity index (χ3v) is 3.00. The molecule has 0 unspecified atom stereocenters. The lowest BCUT2D eigenvalue weighted by molar-refractivity contribution is -0.384. The largest absolute Gasteiger partial charge is 0.494 e. The minimum Gasteiger partial charge on any atom is -0.494 e. The molecule has 0 heterocycles. The minimum absolute atomic E-state index is 0.0216. The second kappa shape index (κ2) is 4.77. The first kappa shape index (κ1) is 12.6. The van der Waals surface area contributed by atoms with E-state index in [0.29, 0.717) is 0 Å². The number of anilines is 1. The van der Waals surface area contributed by atoms with E-state index in [0.717, 1.165) is 18.9 Å². The van der Waals surface area contributed by atoms with Gasteiger partial charge in [0.25, 0.3) is 5.69 Å². The summed E-state index contributed by atoms with van der Waals surface area (Å²) in [5.74, 6) is -0.771. The summed E-state index contributed by atoms with van der Waals surface area (Å²) < 4.78 is 18.2. The van der Waals surface area contributed by atoms with Gasteiger partial charge in [-0.3, -0.25) is 10.1 Å². The van der Waals surface area contributed by atoms with Gasteiger partial charge in [0.05, 0.1) is 18.1 Å². The van der Waals surface area contributed by atoms with E-state index < -0.39 is 10.7 Å². The third kappa shape index (κ3) is 2.35. The van der Waals surface area contributed by atoms with E-state index in [2.05, 4.69) is 5.32 Å². The smallest absolute Gasteiger partial charge is 0.295 e. The van der Waals surface area contributed by atoms with E-state index in [1.807, 2.05) is 0 Å². The molecule has 1 aliphatic rings. The van der Waals surface area contributed by atoms with Crippen molar-refractivity contribution in [3.8, 4) is 5.75 Å². The number of rotatable bonds is 4. The molecular weight excluding hydrogens is 241 g/mol. The van der Waals surface area contributed by atoms with Crippen LogP contribution in [-0.2, 0) is 0 Å². The predicted molar refractivity (Wildman–Crippen MR) is 64.2 cm³/mol. The second-order valence-corrected chi connectivity index (χ2v) is 4.33. The number of nitrogens with zero attached hydrogens (tertiary/aromatic N) is 1. The molecule has 1 aliphatic carbocycles. The Morgan fingerprint density at radius 2 is 2.22 bits per heavy atom. The van der Waals surface area contributed by atoms with Crippen LogP contribution in [0.1, 0.15) is 12.8 Å². The molecule has 0 spiro atoms. The van der Waals surface area contributed by atoms with Gasteiger partial charge in [0.1, 0.15) is 5.69 Å². The second-order valence-electron chi connectivity index (χ2n) is 4.33. The minimum atomic E-state index is -0.750. The molecule has 0 aromatic heterocycles. The number of methoxy groups -OCH3 is 1. The Labute approximate surface area is 103 Å². The van der Waals surface area contributed by atoms with Crippen molar-refractivity contribution < 1.29 is 14.1 Å². The number of hydrogen-bond donors (Lipinski definition) is 2. The van der Waals surface area contributed by atoms with Crippen molar-refractivity contribution in [3.63, 3.8) is 0 Å². The molecule has 1 aromatic carbocycles. The summed E-state index contributed by atoms with van der Waals surface area (Å²) in [4.78, 5) is 10.2. The average molecular weight is 255 g/mol. The van der Waals surface area contributed by atoms with Crippen molar-refractivity contribution >= 4 is 11.4 Å². The van der Waals surface area contributed by atoms with Crippen LogP contribution in [0.15, 0.2) is 12.1 Å². The van der Waals surface area contributed by atoms with E-state index in [4.69, 9.17) is 10.5 Å². The fourth-order valence-corrected chi connectivity index (χ4v) is 1.97. The van der Waals surface area contributed by atoms with Gasteiger partial charge in [0.15, 0.2) is 11.6 Å². The molecule has 6 nitrogen and oxygen atoms in total. The van der Waals surface area contributed by atoms with Gasteiger partial charge in [0, 0.05) is 18.2 Å². The molecule has 0 saturated heterocycles. The highest BCUT2D eigenvalue weighted by Crippen LogP contribution is 2.34. The third-order valence-electron chi connectivity index (χ3n) is 3.00. The van der Waals surface area contributed by atoms with Crippen LogP contribution < -0.4 is 15.8 Å². The van der Waals surface area contributed by atoms with Crippen LogP contribution in [0.4, 0.5) is 15.8 Å². The molecular formula is C11H14FN3O3. The van der Waals surface area contributed by atoms with Crippen LogP contribution in [0, 0.1) is 15.9 Å². The number of nitro benzene ring substituents is 1. The molecule has 2 rings (SSSR count). The van der Waals surface area contributed by atoms with Gasteiger partial charge >= 0.3 is 0 Å². The Kier molecular flexibility index (Phi) is 3.33. The van der Waals surface area contributed by atoms with E-state index in [1.54, 1.807) is 0 Å². The first-order chi connectivity index (χ1) is 8.51. The zero-order chi connectivity index (χ0) is 13.3. The lowest BCUT2D eigenvalue weighted by Crippen LogP contribution is -2.44. The Balaban J connectivity index is 2.27. The summed E-state index contributed by atoms with van der Waals surface area (Å²) in [6.45, 7) is 0. The van der Waals surface area contributed by atoms with Crippen LogP contribution in [0.25, 0.3) is 0 Å². The van der Waals surface area contributed by atoms with Crippen molar-refractivity contribution in [1.82, 2.24) is 0 Å². The van der Waals surface area contributed by atoms with Crippen molar-refractivity contribution in [3.05, 3.63) is 28.1 Å². The van der Waals surface area contributed by atoms with Crippen LogP contribution in [0.2, 0.25) is 0 Å². The number of nitrogens with one attached hydrogen (secondary N) is 1. The van der Waals surface area contributed by atoms with Gasteiger partial charge in [-0.25, -0.2) is 4.39 Å². The number of ether oxygens (including phenoxy) is 1. The molecule has 1 saturated carbocycles. The number of nitro groups is 1. The van der Waals surface area contributed by atoms with Crippen LogP contribution in [0.3, 0.4) is 0 Å². The van der Waals surface area contributed by atoms with Gasteiger partial charge in [-0.15, -0.1) is 0 Å². The number of benzene rings is 1. The predicted octanol–water partition coefficient (Wildman–Crippen LogP) is 1.64. The molecule has 0 radical (unpaired) electrons. The molecule has 98 valence electrons. The van der Waals surface area contributed by atoms with E-state index in [1.165, 1.54) is 13.2 Å². The van der Waals surface area contributed by atoms with Gasteiger partial charge in [-0.2, -0.15) is 0 Å². The van der Waals surface area contributed by atoms with Gasteiger partial charge in [-0.1, -0.05) is 0 Å². The van der Waals surface area contributed by atoms with Crippen molar-refractivity contribution in [2.24, 2.45) is 5.73 Å². The molecule has 0 amide bonds. The standard InChI is InChI=1S/C11H14FN3O3/c1-18-11-5-9(14-7-2-6(13)3-7)10(15(16)17)4-8(11)12/h4-7,14H,2-3,13H2,1H3. The van der Waals surface area contributed by atoms with E-state index in [9.17, 15) is 14.5 Å². The first-order valence-corrected chi connectivity index (χ1v) is 5.55. The summed E-state index contributed by atoms with van der Waals surface area (Å²) in [6, 6.07) is 2.38. The molecule has 0 bridgehead atoms. The fourth-order valence-electron chi connectivity index (χ4n) is 1.97. The Morgan fingerprint density at radius 1 is 1.56 bits per heavy atom. The van der Waals surface area contributed by atoms with Gasteiger partial charge < -0.3 is 15.8 Å². The summed E-state index contributed by atoms with van der Waals surface area (Å²) >= 11 is 0. The molecule has 18 heavy (non-hydrogen) atoms.